The van der Waals surface area contributed by atoms with Gasteiger partial charge in [-0.1, -0.05) is 0 Å². The summed E-state index contributed by atoms with van der Waals surface area (Å²) in [5.74, 6) is -1.05. The molecule has 80 valence electrons. The summed E-state index contributed by atoms with van der Waals surface area (Å²) in [5.41, 5.74) is 1.78. The summed E-state index contributed by atoms with van der Waals surface area (Å²) in [7, 11) is 0. The fourth-order valence-corrected chi connectivity index (χ4v) is 1.23. The SMILES string of the molecule is Cc1ccncc1CC(NC=O)C(=O)O. The highest BCUT2D eigenvalue weighted by molar-refractivity contribution is 5.76. The Balaban J connectivity index is 2.78. The zero-order valence-electron chi connectivity index (χ0n) is 8.30. The number of carboxylic acid groups (broad SMARTS) is 1. The number of nitrogens with zero attached hydrogens (tertiary/aromatic N) is 1. The number of aryl methyl sites for hydroxylation is 1. The number of aromatic nitrogens is 1. The van der Waals surface area contributed by atoms with Crippen LogP contribution in [0.1, 0.15) is 11.1 Å². The number of hydrogen-bond acceptors (Lipinski definition) is 3. The quantitative estimate of drug-likeness (QED) is 0.674. The first-order chi connectivity index (χ1) is 7.15. The maximum Gasteiger partial charge on any atom is 0.326 e. The third kappa shape index (κ3) is 3.05. The Labute approximate surface area is 87.1 Å². The van der Waals surface area contributed by atoms with E-state index in [1.54, 1.807) is 18.5 Å². The van der Waals surface area contributed by atoms with E-state index in [1.807, 2.05) is 6.92 Å². The Kier molecular flexibility index (Phi) is 3.79. The van der Waals surface area contributed by atoms with Gasteiger partial charge in [-0.25, -0.2) is 4.79 Å². The molecule has 1 aromatic rings. The fourth-order valence-electron chi connectivity index (χ4n) is 1.23. The van der Waals surface area contributed by atoms with Crippen molar-refractivity contribution in [3.05, 3.63) is 29.6 Å². The van der Waals surface area contributed by atoms with E-state index in [0.717, 1.165) is 11.1 Å². The predicted octanol–water partition coefficient (Wildman–Crippen LogP) is 0.132. The highest BCUT2D eigenvalue weighted by Gasteiger charge is 2.17. The number of hydrogen-bond donors (Lipinski definition) is 2. The van der Waals surface area contributed by atoms with E-state index in [9.17, 15) is 9.59 Å². The summed E-state index contributed by atoms with van der Waals surface area (Å²) in [4.78, 5) is 24.9. The number of carbonyl (C=O) groups is 2. The van der Waals surface area contributed by atoms with Crippen LogP contribution in [-0.2, 0) is 16.0 Å². The molecule has 1 aromatic heterocycles. The van der Waals surface area contributed by atoms with Crippen molar-refractivity contribution >= 4 is 12.4 Å². The zero-order valence-corrected chi connectivity index (χ0v) is 8.30. The lowest BCUT2D eigenvalue weighted by Gasteiger charge is -2.12. The summed E-state index contributed by atoms with van der Waals surface area (Å²) in [5, 5.41) is 11.1. The average Bonchev–Trinajstić information content (AvgIpc) is 2.20. The third-order valence-corrected chi connectivity index (χ3v) is 2.14. The number of amides is 1. The van der Waals surface area contributed by atoms with E-state index in [-0.39, 0.29) is 6.42 Å². The molecule has 1 unspecified atom stereocenters. The lowest BCUT2D eigenvalue weighted by molar-refractivity contribution is -0.140. The van der Waals surface area contributed by atoms with Gasteiger partial charge in [0, 0.05) is 18.8 Å². The lowest BCUT2D eigenvalue weighted by atomic mass is 10.0. The Morgan fingerprint density at radius 1 is 1.73 bits per heavy atom. The molecule has 1 atom stereocenters. The molecule has 0 aliphatic heterocycles. The average molecular weight is 208 g/mol. The van der Waals surface area contributed by atoms with Crippen molar-refractivity contribution in [2.24, 2.45) is 0 Å². The normalized spacial score (nSPS) is 11.8. The lowest BCUT2D eigenvalue weighted by Crippen LogP contribution is -2.37. The highest BCUT2D eigenvalue weighted by Crippen LogP contribution is 2.07. The first-order valence-electron chi connectivity index (χ1n) is 4.47. The predicted molar refractivity (Wildman–Crippen MR) is 53.3 cm³/mol. The Morgan fingerprint density at radius 2 is 2.47 bits per heavy atom. The first kappa shape index (κ1) is 11.2. The van der Waals surface area contributed by atoms with Gasteiger partial charge in [-0.05, 0) is 24.1 Å². The molecule has 0 spiro atoms. The van der Waals surface area contributed by atoms with Crippen molar-refractivity contribution in [1.29, 1.82) is 0 Å². The minimum absolute atomic E-state index is 0.244. The zero-order chi connectivity index (χ0) is 11.3. The third-order valence-electron chi connectivity index (χ3n) is 2.14. The molecule has 2 N–H and O–H groups in total. The van der Waals surface area contributed by atoms with E-state index in [4.69, 9.17) is 5.11 Å². The van der Waals surface area contributed by atoms with Gasteiger partial charge in [-0.2, -0.15) is 0 Å². The van der Waals surface area contributed by atoms with Crippen LogP contribution in [0.4, 0.5) is 0 Å². The smallest absolute Gasteiger partial charge is 0.326 e. The maximum absolute atomic E-state index is 10.8. The monoisotopic (exact) mass is 208 g/mol. The number of pyridine rings is 1. The maximum atomic E-state index is 10.8. The highest BCUT2D eigenvalue weighted by atomic mass is 16.4. The van der Waals surface area contributed by atoms with Crippen molar-refractivity contribution in [1.82, 2.24) is 10.3 Å². The molecule has 15 heavy (non-hydrogen) atoms. The first-order valence-corrected chi connectivity index (χ1v) is 4.47. The van der Waals surface area contributed by atoms with Gasteiger partial charge in [-0.3, -0.25) is 9.78 Å². The summed E-state index contributed by atoms with van der Waals surface area (Å²) >= 11 is 0. The fraction of sp³-hybridized carbons (Fsp3) is 0.300. The summed E-state index contributed by atoms with van der Waals surface area (Å²) < 4.78 is 0. The standard InChI is InChI=1S/C10H12N2O3/c1-7-2-3-11-5-8(7)4-9(10(14)15)12-6-13/h2-3,5-6,9H,4H2,1H3,(H,12,13)(H,14,15). The van der Waals surface area contributed by atoms with Gasteiger partial charge in [0.1, 0.15) is 6.04 Å². The van der Waals surface area contributed by atoms with E-state index in [1.165, 1.54) is 0 Å². The van der Waals surface area contributed by atoms with E-state index in [2.05, 4.69) is 10.3 Å². The van der Waals surface area contributed by atoms with Crippen LogP contribution in [0.25, 0.3) is 0 Å². The molecule has 0 radical (unpaired) electrons. The van der Waals surface area contributed by atoms with Crippen molar-refractivity contribution in [3.63, 3.8) is 0 Å². The van der Waals surface area contributed by atoms with E-state index < -0.39 is 12.0 Å². The van der Waals surface area contributed by atoms with Gasteiger partial charge in [0.05, 0.1) is 0 Å². The number of carbonyl (C=O) groups excluding carboxylic acids is 1. The van der Waals surface area contributed by atoms with Crippen LogP contribution in [0.2, 0.25) is 0 Å². The molecular weight excluding hydrogens is 196 g/mol. The Hall–Kier alpha value is -1.91. The van der Waals surface area contributed by atoms with Crippen LogP contribution in [0, 0.1) is 6.92 Å². The van der Waals surface area contributed by atoms with Crippen LogP contribution < -0.4 is 5.32 Å². The largest absolute Gasteiger partial charge is 0.480 e. The van der Waals surface area contributed by atoms with Crippen LogP contribution in [-0.4, -0.2) is 28.5 Å². The minimum Gasteiger partial charge on any atom is -0.480 e. The molecule has 1 amide bonds. The molecule has 0 aliphatic rings. The van der Waals surface area contributed by atoms with E-state index >= 15 is 0 Å². The molecule has 5 heteroatoms. The second-order valence-corrected chi connectivity index (χ2v) is 3.18. The van der Waals surface area contributed by atoms with Gasteiger partial charge >= 0.3 is 5.97 Å². The van der Waals surface area contributed by atoms with Gasteiger partial charge in [0.25, 0.3) is 0 Å². The minimum atomic E-state index is -1.05. The van der Waals surface area contributed by atoms with Gasteiger partial charge < -0.3 is 10.4 Å². The second kappa shape index (κ2) is 5.09. The molecule has 0 bridgehead atoms. The molecule has 5 nitrogen and oxygen atoms in total. The number of aliphatic carboxylic acids is 1. The second-order valence-electron chi connectivity index (χ2n) is 3.18. The van der Waals surface area contributed by atoms with Crippen molar-refractivity contribution in [3.8, 4) is 0 Å². The van der Waals surface area contributed by atoms with Crippen LogP contribution in [0.3, 0.4) is 0 Å². The molecule has 0 fully saturated rings. The number of carboxylic acids is 1. The molecule has 1 heterocycles. The number of nitrogens with one attached hydrogen (secondary N) is 1. The summed E-state index contributed by atoms with van der Waals surface area (Å²) in [6, 6.07) is 0.903. The molecule has 0 saturated heterocycles. The van der Waals surface area contributed by atoms with Crippen LogP contribution in [0.5, 0.6) is 0 Å². The summed E-state index contributed by atoms with van der Waals surface area (Å²) in [6.07, 6.45) is 3.89. The Morgan fingerprint density at radius 3 is 3.00 bits per heavy atom. The Bertz CT molecular complexity index is 365. The molecule has 0 aromatic carbocycles. The van der Waals surface area contributed by atoms with Crippen molar-refractivity contribution < 1.29 is 14.7 Å². The molecule has 0 aliphatic carbocycles. The molecule has 0 saturated carbocycles. The molecular formula is C10H12N2O3. The van der Waals surface area contributed by atoms with Crippen molar-refractivity contribution in [2.75, 3.05) is 0 Å². The summed E-state index contributed by atoms with van der Waals surface area (Å²) in [6.45, 7) is 1.87. The van der Waals surface area contributed by atoms with Gasteiger partial charge in [-0.15, -0.1) is 0 Å². The van der Waals surface area contributed by atoms with Gasteiger partial charge in [0.15, 0.2) is 0 Å². The van der Waals surface area contributed by atoms with Crippen LogP contribution >= 0.6 is 0 Å². The molecule has 1 rings (SSSR count). The van der Waals surface area contributed by atoms with Gasteiger partial charge in [0.2, 0.25) is 6.41 Å². The van der Waals surface area contributed by atoms with E-state index in [0.29, 0.717) is 6.41 Å². The number of rotatable bonds is 5. The topological polar surface area (TPSA) is 79.3 Å². The van der Waals surface area contributed by atoms with Crippen molar-refractivity contribution in [2.45, 2.75) is 19.4 Å². The van der Waals surface area contributed by atoms with Crippen LogP contribution in [0.15, 0.2) is 18.5 Å².